The summed E-state index contributed by atoms with van der Waals surface area (Å²) < 4.78 is 0. The van der Waals surface area contributed by atoms with Crippen LogP contribution in [-0.2, 0) is 0 Å². The van der Waals surface area contributed by atoms with Gasteiger partial charge in [-0.3, -0.25) is 4.79 Å². The summed E-state index contributed by atoms with van der Waals surface area (Å²) in [7, 11) is 0. The van der Waals surface area contributed by atoms with E-state index in [9.17, 15) is 4.79 Å². The van der Waals surface area contributed by atoms with Crippen molar-refractivity contribution in [3.05, 3.63) is 17.7 Å². The molecule has 1 N–H and O–H groups in total. The Morgan fingerprint density at radius 3 is 2.00 bits per heavy atom. The van der Waals surface area contributed by atoms with Crippen molar-refractivity contribution < 1.29 is 4.79 Å². The maximum Gasteiger partial charge on any atom is 0.170 e. The number of imidazole rings is 1. The van der Waals surface area contributed by atoms with E-state index >= 15 is 0 Å². The Balaban J connectivity index is 0.000000281. The Morgan fingerprint density at radius 2 is 1.75 bits per heavy atom. The van der Waals surface area contributed by atoms with Crippen molar-refractivity contribution in [1.82, 2.24) is 9.97 Å². The number of aldehydes is 1. The maximum absolute atomic E-state index is 10.0. The van der Waals surface area contributed by atoms with E-state index in [1.807, 2.05) is 0 Å². The molecule has 1 rings (SSSR count). The third-order valence-electron chi connectivity index (χ3n) is 1.42. The molecule has 0 atom stereocenters. The molecule has 0 aliphatic rings. The van der Waals surface area contributed by atoms with Crippen LogP contribution in [0.4, 0.5) is 0 Å². The van der Waals surface area contributed by atoms with Crippen LogP contribution in [0.2, 0.25) is 0 Å². The van der Waals surface area contributed by atoms with E-state index in [1.165, 1.54) is 6.33 Å². The van der Waals surface area contributed by atoms with Crippen molar-refractivity contribution in [2.24, 2.45) is 0 Å². The zero-order valence-electron chi connectivity index (χ0n) is 9.51. The third-order valence-corrected chi connectivity index (χ3v) is 1.42. The van der Waals surface area contributed by atoms with E-state index in [2.05, 4.69) is 45.5 Å². The highest BCUT2D eigenvalue weighted by Gasteiger charge is 1.94. The molecule has 0 fully saturated rings. The van der Waals surface area contributed by atoms with Gasteiger partial charge in [-0.05, 0) is 44.5 Å². The molecule has 16 heavy (non-hydrogen) atoms. The Morgan fingerprint density at radius 1 is 1.19 bits per heavy atom. The van der Waals surface area contributed by atoms with Crippen LogP contribution in [0.3, 0.4) is 0 Å². The van der Waals surface area contributed by atoms with E-state index in [-0.39, 0.29) is 0 Å². The fourth-order valence-corrected chi connectivity index (χ4v) is 0.676. The van der Waals surface area contributed by atoms with E-state index in [0.29, 0.717) is 5.69 Å². The third kappa shape index (κ3) is 6.08. The van der Waals surface area contributed by atoms with Gasteiger partial charge >= 0.3 is 0 Å². The number of H-pyrrole nitrogens is 1. The van der Waals surface area contributed by atoms with Crippen LogP contribution in [0.15, 0.2) is 6.33 Å². The number of aryl methyl sites for hydroxylation is 1. The molecule has 0 aliphatic carbocycles. The molecule has 1 aromatic rings. The van der Waals surface area contributed by atoms with Gasteiger partial charge in [0, 0.05) is 5.69 Å². The molecule has 0 spiro atoms. The molecule has 80 valence electrons. The SMILES string of the molecule is CC#CC#CC#CC.Cc1[nH]cnc1C=O. The summed E-state index contributed by atoms with van der Waals surface area (Å²) in [6.07, 6.45) is 2.23. The number of hydrogen-bond donors (Lipinski definition) is 1. The Kier molecular flexibility index (Phi) is 7.74. The van der Waals surface area contributed by atoms with Crippen LogP contribution < -0.4 is 0 Å². The van der Waals surface area contributed by atoms with Gasteiger partial charge in [0.25, 0.3) is 0 Å². The molecule has 0 aromatic carbocycles. The number of nitrogens with zero attached hydrogens (tertiary/aromatic N) is 1. The lowest BCUT2D eigenvalue weighted by Gasteiger charge is -1.78. The van der Waals surface area contributed by atoms with E-state index < -0.39 is 0 Å². The number of nitrogens with one attached hydrogen (secondary N) is 1. The second kappa shape index (κ2) is 9.13. The number of aromatic nitrogens is 2. The van der Waals surface area contributed by atoms with E-state index in [4.69, 9.17) is 0 Å². The van der Waals surface area contributed by atoms with Crippen molar-refractivity contribution in [1.29, 1.82) is 0 Å². The first kappa shape index (κ1) is 13.6. The number of rotatable bonds is 1. The van der Waals surface area contributed by atoms with Crippen LogP contribution in [0.5, 0.6) is 0 Å². The summed E-state index contributed by atoms with van der Waals surface area (Å²) in [6.45, 7) is 5.29. The van der Waals surface area contributed by atoms with Gasteiger partial charge < -0.3 is 4.98 Å². The van der Waals surface area contributed by atoms with Gasteiger partial charge in [-0.2, -0.15) is 0 Å². The largest absolute Gasteiger partial charge is 0.348 e. The van der Waals surface area contributed by atoms with Crippen molar-refractivity contribution in [3.63, 3.8) is 0 Å². The monoisotopic (exact) mass is 212 g/mol. The average Bonchev–Trinajstić information content (AvgIpc) is 2.71. The van der Waals surface area contributed by atoms with Gasteiger partial charge in [-0.1, -0.05) is 11.8 Å². The smallest absolute Gasteiger partial charge is 0.170 e. The minimum Gasteiger partial charge on any atom is -0.348 e. The zero-order chi connectivity index (χ0) is 12.2. The quantitative estimate of drug-likeness (QED) is 0.567. The Labute approximate surface area is 95.7 Å². The first-order valence-electron chi connectivity index (χ1n) is 4.54. The molecule has 0 saturated heterocycles. The second-order valence-electron chi connectivity index (χ2n) is 2.53. The van der Waals surface area contributed by atoms with Gasteiger partial charge in [0.05, 0.1) is 6.33 Å². The van der Waals surface area contributed by atoms with Crippen molar-refractivity contribution in [2.45, 2.75) is 20.8 Å². The lowest BCUT2D eigenvalue weighted by Crippen LogP contribution is -1.80. The predicted octanol–water partition coefficient (Wildman–Crippen LogP) is 1.57. The van der Waals surface area contributed by atoms with Crippen molar-refractivity contribution in [2.75, 3.05) is 0 Å². The summed E-state index contributed by atoms with van der Waals surface area (Å²) in [5.41, 5.74) is 1.31. The second-order valence-corrected chi connectivity index (χ2v) is 2.53. The molecule has 0 amide bonds. The summed E-state index contributed by atoms with van der Waals surface area (Å²) in [4.78, 5) is 16.5. The average molecular weight is 212 g/mol. The Hall–Kier alpha value is -2.44. The molecule has 0 unspecified atom stereocenters. The molecule has 0 radical (unpaired) electrons. The van der Waals surface area contributed by atoms with E-state index in [0.717, 1.165) is 12.0 Å². The molecule has 0 bridgehead atoms. The molecular weight excluding hydrogens is 200 g/mol. The minimum atomic E-state index is 0.491. The zero-order valence-corrected chi connectivity index (χ0v) is 9.51. The summed E-state index contributed by atoms with van der Waals surface area (Å²) in [5, 5.41) is 0. The first-order chi connectivity index (χ1) is 7.76. The van der Waals surface area contributed by atoms with Gasteiger partial charge in [0.1, 0.15) is 5.69 Å². The highest BCUT2D eigenvalue weighted by molar-refractivity contribution is 5.73. The summed E-state index contributed by atoms with van der Waals surface area (Å²) >= 11 is 0. The molecule has 0 saturated carbocycles. The summed E-state index contributed by atoms with van der Waals surface area (Å²) in [6, 6.07) is 0. The highest BCUT2D eigenvalue weighted by Crippen LogP contribution is 1.93. The molecule has 3 nitrogen and oxygen atoms in total. The van der Waals surface area contributed by atoms with Gasteiger partial charge in [0.2, 0.25) is 0 Å². The van der Waals surface area contributed by atoms with E-state index in [1.54, 1.807) is 20.8 Å². The maximum atomic E-state index is 10.0. The molecule has 0 aliphatic heterocycles. The fraction of sp³-hybridized carbons (Fsp3) is 0.231. The van der Waals surface area contributed by atoms with Crippen LogP contribution in [0.25, 0.3) is 0 Å². The lowest BCUT2D eigenvalue weighted by atomic mass is 10.4. The fourth-order valence-electron chi connectivity index (χ4n) is 0.676. The van der Waals surface area contributed by atoms with Crippen LogP contribution >= 0.6 is 0 Å². The van der Waals surface area contributed by atoms with Gasteiger partial charge in [-0.25, -0.2) is 4.98 Å². The molecule has 1 aromatic heterocycles. The predicted molar refractivity (Wildman–Crippen MR) is 63.4 cm³/mol. The standard InChI is InChI=1S/C8H6.C5H6N2O/c1-3-5-7-8-6-4-2;1-4-5(2-8)7-3-6-4/h1-2H3;2-3H,1H3,(H,6,7). The number of aromatic amines is 1. The van der Waals surface area contributed by atoms with Crippen molar-refractivity contribution in [3.8, 4) is 35.5 Å². The van der Waals surface area contributed by atoms with Crippen LogP contribution in [-0.4, -0.2) is 16.3 Å². The number of carbonyl (C=O) groups excluding carboxylic acids is 1. The van der Waals surface area contributed by atoms with Crippen molar-refractivity contribution >= 4 is 6.29 Å². The van der Waals surface area contributed by atoms with Crippen LogP contribution in [0.1, 0.15) is 30.0 Å². The topological polar surface area (TPSA) is 45.8 Å². The van der Waals surface area contributed by atoms with Gasteiger partial charge in [0.15, 0.2) is 6.29 Å². The summed E-state index contributed by atoms with van der Waals surface area (Å²) in [5.74, 6) is 15.5. The molecule has 1 heterocycles. The number of carbonyl (C=O) groups is 1. The van der Waals surface area contributed by atoms with Crippen LogP contribution in [0, 0.1) is 42.4 Å². The molecular formula is C13H12N2O. The lowest BCUT2D eigenvalue weighted by molar-refractivity contribution is 0.111. The normalized spacial score (nSPS) is 6.44. The highest BCUT2D eigenvalue weighted by atomic mass is 16.1. The minimum absolute atomic E-state index is 0.491. The Bertz CT molecular complexity index is 483. The molecule has 3 heteroatoms. The van der Waals surface area contributed by atoms with Gasteiger partial charge in [-0.15, -0.1) is 0 Å². The number of hydrogen-bond acceptors (Lipinski definition) is 2. The first-order valence-corrected chi connectivity index (χ1v) is 4.54.